The van der Waals surface area contributed by atoms with E-state index in [4.69, 9.17) is 9.47 Å². The number of aryl methyl sites for hydroxylation is 1. The summed E-state index contributed by atoms with van der Waals surface area (Å²) in [6, 6.07) is 0.0596. The second-order valence-electron chi connectivity index (χ2n) is 6.75. The smallest absolute Gasteiger partial charge is 0.410 e. The number of hydrogen-bond donors (Lipinski definition) is 0. The zero-order valence-corrected chi connectivity index (χ0v) is 14.7. The van der Waals surface area contributed by atoms with Crippen LogP contribution in [0.15, 0.2) is 0 Å². The first kappa shape index (κ1) is 17.3. The lowest BCUT2D eigenvalue weighted by Gasteiger charge is -2.40. The van der Waals surface area contributed by atoms with Gasteiger partial charge >= 0.3 is 12.1 Å². The summed E-state index contributed by atoms with van der Waals surface area (Å²) in [6.07, 6.45) is -0.319. The minimum atomic E-state index is -0.503. The number of aromatic nitrogens is 2. The Balaban J connectivity index is 2.05. The van der Waals surface area contributed by atoms with Crippen LogP contribution in [0.2, 0.25) is 0 Å². The van der Waals surface area contributed by atoms with Gasteiger partial charge in [0.2, 0.25) is 0 Å². The molecule has 1 aliphatic heterocycles. The Bertz CT molecular complexity index is 610. The number of likely N-dealkylation sites (tertiary alicyclic amines) is 1. The van der Waals surface area contributed by atoms with Gasteiger partial charge in [0.1, 0.15) is 11.2 Å². The molecule has 7 heteroatoms. The standard InChI is InChI=1S/C16H25N3O4/c1-7-22-14(20)13-10(2)17-19(11(13)3)12-8-18(9-12)15(21)23-16(4,5)6/h12H,7-9H2,1-6H3. The second-order valence-corrected chi connectivity index (χ2v) is 6.75. The van der Waals surface area contributed by atoms with Crippen LogP contribution < -0.4 is 0 Å². The van der Waals surface area contributed by atoms with Gasteiger partial charge in [0.25, 0.3) is 0 Å². The van der Waals surface area contributed by atoms with Gasteiger partial charge in [-0.3, -0.25) is 4.68 Å². The van der Waals surface area contributed by atoms with E-state index in [1.807, 2.05) is 32.4 Å². The van der Waals surface area contributed by atoms with Gasteiger partial charge in [-0.1, -0.05) is 0 Å². The van der Waals surface area contributed by atoms with Crippen LogP contribution in [0.3, 0.4) is 0 Å². The van der Waals surface area contributed by atoms with Crippen LogP contribution in [0.25, 0.3) is 0 Å². The monoisotopic (exact) mass is 323 g/mol. The maximum atomic E-state index is 12.0. The fraction of sp³-hybridized carbons (Fsp3) is 0.688. The average molecular weight is 323 g/mol. The van der Waals surface area contributed by atoms with Crippen molar-refractivity contribution in [2.45, 2.75) is 53.2 Å². The highest BCUT2D eigenvalue weighted by Gasteiger charge is 2.37. The highest BCUT2D eigenvalue weighted by atomic mass is 16.6. The predicted molar refractivity (Wildman–Crippen MR) is 84.5 cm³/mol. The summed E-state index contributed by atoms with van der Waals surface area (Å²) in [5.74, 6) is -0.350. The van der Waals surface area contributed by atoms with Crippen molar-refractivity contribution in [3.63, 3.8) is 0 Å². The molecule has 1 aliphatic rings. The highest BCUT2D eigenvalue weighted by molar-refractivity contribution is 5.91. The predicted octanol–water partition coefficient (Wildman–Crippen LogP) is 2.47. The summed E-state index contributed by atoms with van der Waals surface area (Å²) in [7, 11) is 0. The Morgan fingerprint density at radius 1 is 1.26 bits per heavy atom. The molecule has 2 rings (SSSR count). The number of carbonyl (C=O) groups is 2. The Labute approximate surface area is 136 Å². The van der Waals surface area contributed by atoms with E-state index >= 15 is 0 Å². The molecular formula is C16H25N3O4. The topological polar surface area (TPSA) is 73.7 Å². The van der Waals surface area contributed by atoms with Crippen LogP contribution in [0.4, 0.5) is 4.79 Å². The molecule has 7 nitrogen and oxygen atoms in total. The lowest BCUT2D eigenvalue weighted by Crippen LogP contribution is -2.52. The minimum Gasteiger partial charge on any atom is -0.462 e. The summed E-state index contributed by atoms with van der Waals surface area (Å²) >= 11 is 0. The Morgan fingerprint density at radius 3 is 2.39 bits per heavy atom. The molecule has 1 fully saturated rings. The van der Waals surface area contributed by atoms with Gasteiger partial charge in [-0.2, -0.15) is 5.10 Å². The Kier molecular flexibility index (Phi) is 4.68. The largest absolute Gasteiger partial charge is 0.462 e. The van der Waals surface area contributed by atoms with Crippen molar-refractivity contribution < 1.29 is 19.1 Å². The maximum Gasteiger partial charge on any atom is 0.410 e. The van der Waals surface area contributed by atoms with Crippen molar-refractivity contribution in [2.75, 3.05) is 19.7 Å². The molecule has 128 valence electrons. The van der Waals surface area contributed by atoms with Crippen LogP contribution in [0.5, 0.6) is 0 Å². The number of rotatable bonds is 3. The second kappa shape index (κ2) is 6.22. The summed E-state index contributed by atoms with van der Waals surface area (Å²) in [5.41, 5.74) is 1.44. The van der Waals surface area contributed by atoms with Crippen LogP contribution in [-0.2, 0) is 9.47 Å². The van der Waals surface area contributed by atoms with E-state index in [1.165, 1.54) is 0 Å². The van der Waals surface area contributed by atoms with Gasteiger partial charge in [0.05, 0.1) is 24.0 Å². The summed E-state index contributed by atoms with van der Waals surface area (Å²) in [6.45, 7) is 12.3. The number of nitrogens with zero attached hydrogens (tertiary/aromatic N) is 3. The zero-order valence-electron chi connectivity index (χ0n) is 14.7. The number of carbonyl (C=O) groups excluding carboxylic acids is 2. The van der Waals surface area contributed by atoms with Crippen molar-refractivity contribution in [2.24, 2.45) is 0 Å². The molecule has 0 saturated carbocycles. The van der Waals surface area contributed by atoms with E-state index in [9.17, 15) is 9.59 Å². The lowest BCUT2D eigenvalue weighted by molar-refractivity contribution is -0.000754. The van der Waals surface area contributed by atoms with Gasteiger partial charge in [-0.05, 0) is 41.5 Å². The molecule has 0 unspecified atom stereocenters. The molecule has 23 heavy (non-hydrogen) atoms. The highest BCUT2D eigenvalue weighted by Crippen LogP contribution is 2.27. The van der Waals surface area contributed by atoms with Gasteiger partial charge in [0.15, 0.2) is 0 Å². The van der Waals surface area contributed by atoms with E-state index in [1.54, 1.807) is 18.7 Å². The van der Waals surface area contributed by atoms with Gasteiger partial charge in [-0.25, -0.2) is 9.59 Å². The van der Waals surface area contributed by atoms with Crippen LogP contribution in [0, 0.1) is 13.8 Å². The number of esters is 1. The Hall–Kier alpha value is -2.05. The quantitative estimate of drug-likeness (QED) is 0.799. The summed E-state index contributed by atoms with van der Waals surface area (Å²) in [5, 5.41) is 4.44. The maximum absolute atomic E-state index is 12.0. The minimum absolute atomic E-state index is 0.0596. The third-order valence-electron chi connectivity index (χ3n) is 3.66. The summed E-state index contributed by atoms with van der Waals surface area (Å²) in [4.78, 5) is 25.6. The number of hydrogen-bond acceptors (Lipinski definition) is 5. The number of amides is 1. The zero-order chi connectivity index (χ0) is 17.4. The fourth-order valence-corrected chi connectivity index (χ4v) is 2.60. The van der Waals surface area contributed by atoms with Crippen LogP contribution in [0.1, 0.15) is 55.5 Å². The first-order valence-electron chi connectivity index (χ1n) is 7.84. The first-order valence-corrected chi connectivity index (χ1v) is 7.84. The molecule has 1 amide bonds. The van der Waals surface area contributed by atoms with Crippen molar-refractivity contribution in [3.05, 3.63) is 17.0 Å². The SMILES string of the molecule is CCOC(=O)c1c(C)nn(C2CN(C(=O)OC(C)(C)C)C2)c1C. The molecular weight excluding hydrogens is 298 g/mol. The van der Waals surface area contributed by atoms with Crippen molar-refractivity contribution >= 4 is 12.1 Å². The molecule has 0 aliphatic carbocycles. The van der Waals surface area contributed by atoms with Crippen molar-refractivity contribution in [1.82, 2.24) is 14.7 Å². The van der Waals surface area contributed by atoms with Gasteiger partial charge in [0, 0.05) is 13.1 Å². The van der Waals surface area contributed by atoms with Gasteiger partial charge < -0.3 is 14.4 Å². The molecule has 0 atom stereocenters. The molecule has 0 bridgehead atoms. The molecule has 1 saturated heterocycles. The fourth-order valence-electron chi connectivity index (χ4n) is 2.60. The van der Waals surface area contributed by atoms with E-state index in [0.717, 1.165) is 5.69 Å². The van der Waals surface area contributed by atoms with E-state index < -0.39 is 5.60 Å². The normalized spacial score (nSPS) is 15.3. The molecule has 2 heterocycles. The lowest BCUT2D eigenvalue weighted by atomic mass is 10.1. The van der Waals surface area contributed by atoms with Crippen LogP contribution in [-0.4, -0.2) is 52.0 Å². The third-order valence-corrected chi connectivity index (χ3v) is 3.66. The van der Waals surface area contributed by atoms with E-state index in [-0.39, 0.29) is 18.1 Å². The van der Waals surface area contributed by atoms with Crippen molar-refractivity contribution in [1.29, 1.82) is 0 Å². The summed E-state index contributed by atoms with van der Waals surface area (Å²) < 4.78 is 12.2. The van der Waals surface area contributed by atoms with Gasteiger partial charge in [-0.15, -0.1) is 0 Å². The molecule has 0 spiro atoms. The first-order chi connectivity index (χ1) is 10.6. The molecule has 1 aromatic heterocycles. The Morgan fingerprint density at radius 2 is 1.87 bits per heavy atom. The van der Waals surface area contributed by atoms with Crippen molar-refractivity contribution in [3.8, 4) is 0 Å². The molecule has 0 aromatic carbocycles. The molecule has 0 radical (unpaired) electrons. The molecule has 0 N–H and O–H groups in total. The number of ether oxygens (including phenoxy) is 2. The van der Waals surface area contributed by atoms with E-state index in [2.05, 4.69) is 5.10 Å². The van der Waals surface area contributed by atoms with Crippen LogP contribution >= 0.6 is 0 Å². The average Bonchev–Trinajstić information content (AvgIpc) is 2.61. The third kappa shape index (κ3) is 3.65. The molecule has 1 aromatic rings. The van der Waals surface area contributed by atoms with E-state index in [0.29, 0.717) is 31.0 Å².